The van der Waals surface area contributed by atoms with Crippen LogP contribution in [0.4, 0.5) is 10.7 Å². The summed E-state index contributed by atoms with van der Waals surface area (Å²) in [6.07, 6.45) is -0.0453. The van der Waals surface area contributed by atoms with Crippen molar-refractivity contribution in [3.8, 4) is 0 Å². The Morgan fingerprint density at radius 1 is 1.61 bits per heavy atom. The Balaban J connectivity index is 2.24. The van der Waals surface area contributed by atoms with Gasteiger partial charge in [-0.2, -0.15) is 10.1 Å². The van der Waals surface area contributed by atoms with Gasteiger partial charge in [0.05, 0.1) is 12.6 Å². The molecule has 1 fully saturated rings. The first-order valence-electron chi connectivity index (χ1n) is 5.38. The minimum absolute atomic E-state index is 0.281. The topological polar surface area (TPSA) is 98.2 Å². The molecule has 0 aromatic carbocycles. The highest BCUT2D eigenvalue weighted by atomic mass is 16.6. The molecule has 8 heteroatoms. The van der Waals surface area contributed by atoms with Gasteiger partial charge in [0, 0.05) is 0 Å². The third-order valence-corrected chi connectivity index (χ3v) is 2.37. The summed E-state index contributed by atoms with van der Waals surface area (Å²) in [5.41, 5.74) is 0.460. The van der Waals surface area contributed by atoms with Gasteiger partial charge in [-0.15, -0.1) is 0 Å². The van der Waals surface area contributed by atoms with Crippen LogP contribution in [0.2, 0.25) is 0 Å². The minimum Gasteiger partial charge on any atom is -0.446 e. The van der Waals surface area contributed by atoms with E-state index in [-0.39, 0.29) is 18.3 Å². The van der Waals surface area contributed by atoms with Gasteiger partial charge < -0.3 is 9.15 Å². The van der Waals surface area contributed by atoms with Crippen LogP contribution in [0, 0.1) is 10.1 Å². The number of nitrogens with zero attached hydrogens (tertiary/aromatic N) is 3. The summed E-state index contributed by atoms with van der Waals surface area (Å²) in [6.45, 7) is 2.47. The standard InChI is InChI=1S/C10H11N3O5/c1-2-7(11-12-5-6-17-10(12)14)8-3-4-9(18-8)13(15)16/h3-4H,2,5-6H2,1H3/b11-7-. The number of furan rings is 1. The maximum atomic E-state index is 11.2. The average Bonchev–Trinajstić information content (AvgIpc) is 2.95. The van der Waals surface area contributed by atoms with E-state index in [9.17, 15) is 14.9 Å². The highest BCUT2D eigenvalue weighted by Gasteiger charge is 2.23. The summed E-state index contributed by atoms with van der Waals surface area (Å²) in [4.78, 5) is 21.1. The van der Waals surface area contributed by atoms with Crippen LogP contribution in [0.3, 0.4) is 0 Å². The molecule has 8 nitrogen and oxygen atoms in total. The molecule has 18 heavy (non-hydrogen) atoms. The van der Waals surface area contributed by atoms with E-state index in [1.54, 1.807) is 0 Å². The van der Waals surface area contributed by atoms with E-state index < -0.39 is 11.0 Å². The van der Waals surface area contributed by atoms with Gasteiger partial charge in [-0.3, -0.25) is 10.1 Å². The number of amides is 1. The highest BCUT2D eigenvalue weighted by Crippen LogP contribution is 2.18. The number of carbonyl (C=O) groups is 1. The summed E-state index contributed by atoms with van der Waals surface area (Å²) < 4.78 is 9.77. The van der Waals surface area contributed by atoms with Crippen molar-refractivity contribution in [3.63, 3.8) is 0 Å². The van der Waals surface area contributed by atoms with Crippen LogP contribution in [-0.2, 0) is 4.74 Å². The molecular formula is C10H11N3O5. The summed E-state index contributed by atoms with van der Waals surface area (Å²) in [5.74, 6) is -0.0703. The van der Waals surface area contributed by atoms with E-state index in [1.807, 2.05) is 6.92 Å². The first-order chi connectivity index (χ1) is 8.61. The summed E-state index contributed by atoms with van der Waals surface area (Å²) >= 11 is 0. The summed E-state index contributed by atoms with van der Waals surface area (Å²) in [7, 11) is 0. The SMILES string of the molecule is CC/C(=N/N1CCOC1=O)c1ccc([N+](=O)[O-])o1. The quantitative estimate of drug-likeness (QED) is 0.462. The van der Waals surface area contributed by atoms with Gasteiger partial charge in [-0.1, -0.05) is 6.92 Å². The highest BCUT2D eigenvalue weighted by molar-refractivity contribution is 5.98. The number of cyclic esters (lactones) is 1. The Labute approximate surface area is 102 Å². The molecule has 0 unspecified atom stereocenters. The Kier molecular flexibility index (Phi) is 3.26. The number of rotatable bonds is 4. The van der Waals surface area contributed by atoms with E-state index in [1.165, 1.54) is 17.1 Å². The number of hydrogen-bond acceptors (Lipinski definition) is 6. The van der Waals surface area contributed by atoms with Crippen molar-refractivity contribution < 1.29 is 18.9 Å². The van der Waals surface area contributed by atoms with E-state index in [2.05, 4.69) is 5.10 Å². The molecular weight excluding hydrogens is 242 g/mol. The lowest BCUT2D eigenvalue weighted by Gasteiger charge is -2.07. The zero-order chi connectivity index (χ0) is 13.1. The zero-order valence-corrected chi connectivity index (χ0v) is 9.66. The van der Waals surface area contributed by atoms with Gasteiger partial charge in [-0.25, -0.2) is 4.79 Å². The van der Waals surface area contributed by atoms with Gasteiger partial charge in [-0.05, 0) is 12.5 Å². The summed E-state index contributed by atoms with van der Waals surface area (Å²) in [6, 6.07) is 2.71. The lowest BCUT2D eigenvalue weighted by molar-refractivity contribution is -0.402. The van der Waals surface area contributed by atoms with Crippen LogP contribution in [-0.4, -0.2) is 34.9 Å². The van der Waals surface area contributed by atoms with Crippen LogP contribution in [0.15, 0.2) is 21.7 Å². The fraction of sp³-hybridized carbons (Fsp3) is 0.400. The van der Waals surface area contributed by atoms with Gasteiger partial charge in [0.2, 0.25) is 0 Å². The molecule has 0 saturated carbocycles. The Bertz CT molecular complexity index is 507. The van der Waals surface area contributed by atoms with Gasteiger partial charge in [0.1, 0.15) is 17.2 Å². The normalized spacial score (nSPS) is 15.9. The van der Waals surface area contributed by atoms with Crippen LogP contribution in [0.5, 0.6) is 0 Å². The van der Waals surface area contributed by atoms with Crippen LogP contribution < -0.4 is 0 Å². The molecule has 0 atom stereocenters. The molecule has 1 amide bonds. The second-order valence-corrected chi connectivity index (χ2v) is 3.53. The number of hydrogen-bond donors (Lipinski definition) is 0. The second kappa shape index (κ2) is 4.86. The minimum atomic E-state index is -0.624. The zero-order valence-electron chi connectivity index (χ0n) is 9.66. The van der Waals surface area contributed by atoms with Gasteiger partial charge in [0.15, 0.2) is 5.76 Å². The molecule has 0 spiro atoms. The fourth-order valence-electron chi connectivity index (χ4n) is 1.50. The van der Waals surface area contributed by atoms with Crippen molar-refractivity contribution in [2.45, 2.75) is 13.3 Å². The molecule has 2 rings (SSSR count). The predicted octanol–water partition coefficient (Wildman–Crippen LogP) is 1.75. The molecule has 0 aliphatic carbocycles. The van der Waals surface area contributed by atoms with E-state index >= 15 is 0 Å². The first-order valence-corrected chi connectivity index (χ1v) is 5.38. The average molecular weight is 253 g/mol. The number of carbonyl (C=O) groups excluding carboxylic acids is 1. The number of hydrazone groups is 1. The van der Waals surface area contributed by atoms with Crippen molar-refractivity contribution in [1.29, 1.82) is 0 Å². The monoisotopic (exact) mass is 253 g/mol. The lowest BCUT2D eigenvalue weighted by Crippen LogP contribution is -2.20. The smallest absolute Gasteiger partial charge is 0.433 e. The molecule has 0 bridgehead atoms. The summed E-state index contributed by atoms with van der Waals surface area (Å²) in [5, 5.41) is 15.8. The molecule has 1 aromatic heterocycles. The van der Waals surface area contributed by atoms with E-state index in [4.69, 9.17) is 9.15 Å². The fourth-order valence-corrected chi connectivity index (χ4v) is 1.50. The third kappa shape index (κ3) is 2.31. The molecule has 1 saturated heterocycles. The van der Waals surface area contributed by atoms with E-state index in [0.29, 0.717) is 18.7 Å². The molecule has 0 radical (unpaired) electrons. The first kappa shape index (κ1) is 12.1. The van der Waals surface area contributed by atoms with Crippen molar-refractivity contribution in [2.75, 3.05) is 13.2 Å². The molecule has 1 aromatic rings. The second-order valence-electron chi connectivity index (χ2n) is 3.53. The largest absolute Gasteiger partial charge is 0.446 e. The van der Waals surface area contributed by atoms with Crippen molar-refractivity contribution in [2.24, 2.45) is 5.10 Å². The third-order valence-electron chi connectivity index (χ3n) is 2.37. The van der Waals surface area contributed by atoms with Gasteiger partial charge >= 0.3 is 12.0 Å². The lowest BCUT2D eigenvalue weighted by atomic mass is 10.2. The molecule has 0 N–H and O–H groups in total. The van der Waals surface area contributed by atoms with Crippen LogP contribution >= 0.6 is 0 Å². The number of ether oxygens (including phenoxy) is 1. The van der Waals surface area contributed by atoms with E-state index in [0.717, 1.165) is 0 Å². The maximum absolute atomic E-state index is 11.2. The Morgan fingerprint density at radius 2 is 2.39 bits per heavy atom. The molecule has 1 aliphatic heterocycles. The molecule has 96 valence electrons. The van der Waals surface area contributed by atoms with Gasteiger partial charge in [0.25, 0.3) is 0 Å². The predicted molar refractivity (Wildman–Crippen MR) is 60.2 cm³/mol. The molecule has 1 aliphatic rings. The van der Waals surface area contributed by atoms with Crippen molar-refractivity contribution in [3.05, 3.63) is 28.0 Å². The van der Waals surface area contributed by atoms with Crippen LogP contribution in [0.1, 0.15) is 19.1 Å². The van der Waals surface area contributed by atoms with Crippen LogP contribution in [0.25, 0.3) is 0 Å². The molecule has 2 heterocycles. The Hall–Kier alpha value is -2.38. The van der Waals surface area contributed by atoms with Crippen molar-refractivity contribution in [1.82, 2.24) is 5.01 Å². The maximum Gasteiger partial charge on any atom is 0.433 e. The number of nitro groups is 1. The van der Waals surface area contributed by atoms with Crippen molar-refractivity contribution >= 4 is 17.7 Å². The Morgan fingerprint density at radius 3 is 2.89 bits per heavy atom.